The van der Waals surface area contributed by atoms with Crippen molar-refractivity contribution in [3.8, 4) is 0 Å². The Hall–Kier alpha value is -2.97. The first kappa shape index (κ1) is 20.0. The van der Waals surface area contributed by atoms with E-state index in [1.165, 1.54) is 0 Å². The normalized spacial score (nSPS) is 24.5. The van der Waals surface area contributed by atoms with Gasteiger partial charge in [-0.15, -0.1) is 0 Å². The Balaban J connectivity index is 1.28. The molecule has 4 aliphatic rings. The topological polar surface area (TPSA) is 83.5 Å². The van der Waals surface area contributed by atoms with E-state index in [1.807, 2.05) is 30.5 Å². The summed E-state index contributed by atoms with van der Waals surface area (Å²) in [6.07, 6.45) is 6.42. The lowest BCUT2D eigenvalue weighted by atomic mass is 10.0. The van der Waals surface area contributed by atoms with E-state index < -0.39 is 0 Å². The zero-order valence-electron chi connectivity index (χ0n) is 17.4. The van der Waals surface area contributed by atoms with Crippen LogP contribution < -0.4 is 5.32 Å². The molecule has 0 aliphatic carbocycles. The van der Waals surface area contributed by atoms with Gasteiger partial charge in [0.15, 0.2) is 0 Å². The van der Waals surface area contributed by atoms with E-state index in [1.54, 1.807) is 4.90 Å². The van der Waals surface area contributed by atoms with Crippen molar-refractivity contribution in [2.24, 2.45) is 10.9 Å². The van der Waals surface area contributed by atoms with Crippen LogP contribution in [0.3, 0.4) is 0 Å². The maximum atomic E-state index is 12.6. The predicted octanol–water partition coefficient (Wildman–Crippen LogP) is 1.93. The second kappa shape index (κ2) is 8.64. The lowest BCUT2D eigenvalue weighted by molar-refractivity contribution is -0.110. The Bertz CT molecular complexity index is 978. The number of ether oxygens (including phenoxy) is 2. The molecule has 0 spiro atoms. The SMILES string of the molecule is O=C1Nc2ccc(CCN3CCOC3=O)cc2C1=CC1=CC(CN2CCOCC2)C=N1. The van der Waals surface area contributed by atoms with E-state index in [-0.39, 0.29) is 17.9 Å². The van der Waals surface area contributed by atoms with Gasteiger partial charge in [0.05, 0.1) is 31.0 Å². The highest BCUT2D eigenvalue weighted by molar-refractivity contribution is 6.31. The quantitative estimate of drug-likeness (QED) is 0.709. The zero-order chi connectivity index (χ0) is 21.2. The molecular formula is C23H26N4O4. The van der Waals surface area contributed by atoms with Crippen LogP contribution in [0.4, 0.5) is 10.5 Å². The van der Waals surface area contributed by atoms with Gasteiger partial charge in [0.2, 0.25) is 0 Å². The summed E-state index contributed by atoms with van der Waals surface area (Å²) in [6, 6.07) is 5.96. The van der Waals surface area contributed by atoms with Crippen LogP contribution in [-0.2, 0) is 20.7 Å². The first-order valence-electron chi connectivity index (χ1n) is 10.8. The van der Waals surface area contributed by atoms with Gasteiger partial charge >= 0.3 is 6.09 Å². The molecule has 1 unspecified atom stereocenters. The number of anilines is 1. The van der Waals surface area contributed by atoms with Crippen LogP contribution in [0.5, 0.6) is 0 Å². The van der Waals surface area contributed by atoms with Crippen LogP contribution in [0, 0.1) is 5.92 Å². The van der Waals surface area contributed by atoms with Crippen molar-refractivity contribution in [1.29, 1.82) is 0 Å². The first-order valence-corrected chi connectivity index (χ1v) is 10.8. The average Bonchev–Trinajstić information content (AvgIpc) is 3.47. The minimum Gasteiger partial charge on any atom is -0.448 e. The first-order chi connectivity index (χ1) is 15.2. The molecule has 0 aromatic heterocycles. The van der Waals surface area contributed by atoms with Crippen LogP contribution in [0.2, 0.25) is 0 Å². The standard InChI is InChI=1S/C23H26N4O4/c28-22-20(13-18-11-17(14-24-18)15-26-5-8-30-9-6-26)19-12-16(1-2-21(19)25-22)3-4-27-7-10-31-23(27)29/h1-2,11-14,17H,3-10,15H2,(H,25,28). The highest BCUT2D eigenvalue weighted by atomic mass is 16.6. The number of carbonyl (C=O) groups excluding carboxylic acids is 2. The predicted molar refractivity (Wildman–Crippen MR) is 117 cm³/mol. The van der Waals surface area contributed by atoms with Crippen molar-refractivity contribution in [2.45, 2.75) is 6.42 Å². The molecule has 0 bridgehead atoms. The van der Waals surface area contributed by atoms with Crippen LogP contribution >= 0.6 is 0 Å². The zero-order valence-corrected chi connectivity index (χ0v) is 17.4. The largest absolute Gasteiger partial charge is 0.448 e. The molecule has 1 aromatic carbocycles. The number of allylic oxidation sites excluding steroid dienone is 1. The summed E-state index contributed by atoms with van der Waals surface area (Å²) in [5.41, 5.74) is 4.23. The van der Waals surface area contributed by atoms with Gasteiger partial charge in [0.1, 0.15) is 6.61 Å². The second-order valence-corrected chi connectivity index (χ2v) is 8.19. The molecule has 4 heterocycles. The van der Waals surface area contributed by atoms with E-state index in [9.17, 15) is 9.59 Å². The highest BCUT2D eigenvalue weighted by Crippen LogP contribution is 2.34. The summed E-state index contributed by atoms with van der Waals surface area (Å²) in [7, 11) is 0. The maximum Gasteiger partial charge on any atom is 0.409 e. The van der Waals surface area contributed by atoms with E-state index in [2.05, 4.69) is 21.3 Å². The number of hydrogen-bond acceptors (Lipinski definition) is 6. The number of nitrogens with one attached hydrogen (secondary N) is 1. The molecule has 0 radical (unpaired) electrons. The number of fused-ring (bicyclic) bond motifs is 1. The van der Waals surface area contributed by atoms with Crippen LogP contribution in [0.25, 0.3) is 5.57 Å². The van der Waals surface area contributed by atoms with Gasteiger partial charge in [-0.2, -0.15) is 0 Å². The third-order valence-electron chi connectivity index (χ3n) is 6.05. The van der Waals surface area contributed by atoms with Crippen molar-refractivity contribution in [3.63, 3.8) is 0 Å². The number of aliphatic imine (C=N–C) groups is 1. The van der Waals surface area contributed by atoms with Gasteiger partial charge in [0.25, 0.3) is 5.91 Å². The number of cyclic esters (lactones) is 1. The Labute approximate surface area is 181 Å². The van der Waals surface area contributed by atoms with E-state index in [0.717, 1.165) is 55.4 Å². The van der Waals surface area contributed by atoms with Gasteiger partial charge in [-0.3, -0.25) is 14.7 Å². The molecule has 2 amide bonds. The molecule has 31 heavy (non-hydrogen) atoms. The Morgan fingerprint density at radius 2 is 2.03 bits per heavy atom. The minimum absolute atomic E-state index is 0.108. The van der Waals surface area contributed by atoms with Crippen molar-refractivity contribution < 1.29 is 19.1 Å². The summed E-state index contributed by atoms with van der Waals surface area (Å²) in [5.74, 6) is 0.142. The third-order valence-corrected chi connectivity index (χ3v) is 6.05. The Morgan fingerprint density at radius 3 is 2.84 bits per heavy atom. The fraction of sp³-hybridized carbons (Fsp3) is 0.435. The van der Waals surface area contributed by atoms with Crippen LogP contribution in [0.15, 0.2) is 41.0 Å². The fourth-order valence-electron chi connectivity index (χ4n) is 4.33. The summed E-state index contributed by atoms with van der Waals surface area (Å²) < 4.78 is 10.4. The third kappa shape index (κ3) is 4.40. The number of benzene rings is 1. The molecular weight excluding hydrogens is 396 g/mol. The van der Waals surface area contributed by atoms with Crippen molar-refractivity contribution >= 4 is 29.5 Å². The fourth-order valence-corrected chi connectivity index (χ4v) is 4.33. The minimum atomic E-state index is -0.253. The molecule has 0 saturated carbocycles. The molecule has 2 saturated heterocycles. The Morgan fingerprint density at radius 1 is 1.16 bits per heavy atom. The van der Waals surface area contributed by atoms with Crippen LogP contribution in [0.1, 0.15) is 11.1 Å². The monoisotopic (exact) mass is 422 g/mol. The summed E-state index contributed by atoms with van der Waals surface area (Å²) in [4.78, 5) is 32.8. The highest BCUT2D eigenvalue weighted by Gasteiger charge is 2.26. The number of rotatable bonds is 6. The lowest BCUT2D eigenvalue weighted by Gasteiger charge is -2.27. The van der Waals surface area contributed by atoms with Crippen molar-refractivity contribution in [3.05, 3.63) is 47.2 Å². The number of nitrogens with zero attached hydrogens (tertiary/aromatic N) is 3. The maximum absolute atomic E-state index is 12.6. The number of morpholine rings is 1. The molecule has 1 aromatic rings. The molecule has 1 N–H and O–H groups in total. The lowest BCUT2D eigenvalue weighted by Crippen LogP contribution is -2.39. The van der Waals surface area contributed by atoms with E-state index in [4.69, 9.17) is 9.47 Å². The molecule has 5 rings (SSSR count). The number of hydrogen-bond donors (Lipinski definition) is 1. The molecule has 4 aliphatic heterocycles. The Kier molecular flexibility index (Phi) is 5.57. The average molecular weight is 422 g/mol. The van der Waals surface area contributed by atoms with Gasteiger partial charge in [-0.1, -0.05) is 6.07 Å². The van der Waals surface area contributed by atoms with Crippen molar-refractivity contribution in [2.75, 3.05) is 57.9 Å². The van der Waals surface area contributed by atoms with Crippen LogP contribution in [-0.4, -0.2) is 80.6 Å². The molecule has 2 fully saturated rings. The molecule has 162 valence electrons. The summed E-state index contributed by atoms with van der Waals surface area (Å²) in [6.45, 7) is 6.07. The van der Waals surface area contributed by atoms with E-state index in [0.29, 0.717) is 31.7 Å². The van der Waals surface area contributed by atoms with Gasteiger partial charge < -0.3 is 19.7 Å². The van der Waals surface area contributed by atoms with Crippen molar-refractivity contribution in [1.82, 2.24) is 9.80 Å². The molecule has 8 nitrogen and oxygen atoms in total. The van der Waals surface area contributed by atoms with Gasteiger partial charge in [-0.05, 0) is 36.3 Å². The molecule has 8 heteroatoms. The summed E-state index contributed by atoms with van der Waals surface area (Å²) >= 11 is 0. The molecule has 1 atom stereocenters. The van der Waals surface area contributed by atoms with Gasteiger partial charge in [-0.25, -0.2) is 4.79 Å². The summed E-state index contributed by atoms with van der Waals surface area (Å²) in [5, 5.41) is 2.94. The van der Waals surface area contributed by atoms with Gasteiger partial charge in [0, 0.05) is 49.6 Å². The smallest absolute Gasteiger partial charge is 0.409 e. The van der Waals surface area contributed by atoms with E-state index >= 15 is 0 Å². The number of amides is 2. The number of carbonyl (C=O) groups is 2. The second-order valence-electron chi connectivity index (χ2n) is 8.19.